The second kappa shape index (κ2) is 13.8. The highest BCUT2D eigenvalue weighted by atomic mass is 16.3. The van der Waals surface area contributed by atoms with Crippen LogP contribution >= 0.6 is 0 Å². The Morgan fingerprint density at radius 3 is 1.97 bits per heavy atom. The number of phenolic OH excluding ortho intramolecular Hbond substituents is 2. The first-order valence-corrected chi connectivity index (χ1v) is 12.3. The second-order valence-electron chi connectivity index (χ2n) is 10.3. The topological polar surface area (TPSA) is 40.5 Å². The Hall–Kier alpha value is -1.44. The molecule has 172 valence electrons. The van der Waals surface area contributed by atoms with Crippen LogP contribution < -0.4 is 0 Å². The van der Waals surface area contributed by atoms with Gasteiger partial charge in [0.1, 0.15) is 11.5 Å². The Morgan fingerprint density at radius 1 is 0.867 bits per heavy atom. The molecule has 0 radical (unpaired) electrons. The fourth-order valence-corrected chi connectivity index (χ4v) is 4.29. The Morgan fingerprint density at radius 2 is 1.40 bits per heavy atom. The van der Waals surface area contributed by atoms with Crippen LogP contribution in [0.1, 0.15) is 109 Å². The SMILES string of the molecule is C/C(=C\Cc1c(C)c(O)cc(C)c1O)CCCC(C)CCCC(C)CCCC(C)C. The minimum Gasteiger partial charge on any atom is -0.508 e. The lowest BCUT2D eigenvalue weighted by Crippen LogP contribution is -2.00. The van der Waals surface area contributed by atoms with Crippen molar-refractivity contribution in [1.29, 1.82) is 0 Å². The van der Waals surface area contributed by atoms with Gasteiger partial charge in [-0.2, -0.15) is 0 Å². The molecule has 1 aromatic carbocycles. The van der Waals surface area contributed by atoms with E-state index in [2.05, 4.69) is 40.7 Å². The quantitative estimate of drug-likeness (QED) is 0.235. The van der Waals surface area contributed by atoms with Crippen molar-refractivity contribution in [1.82, 2.24) is 0 Å². The monoisotopic (exact) mass is 416 g/mol. The van der Waals surface area contributed by atoms with E-state index in [1.807, 2.05) is 13.8 Å². The van der Waals surface area contributed by atoms with Crippen molar-refractivity contribution in [3.05, 3.63) is 34.4 Å². The molecule has 2 unspecified atom stereocenters. The van der Waals surface area contributed by atoms with E-state index < -0.39 is 0 Å². The minimum atomic E-state index is 0.273. The lowest BCUT2D eigenvalue weighted by atomic mass is 9.91. The number of hydrogen-bond donors (Lipinski definition) is 2. The summed E-state index contributed by atoms with van der Waals surface area (Å²) in [5, 5.41) is 20.3. The molecule has 0 aliphatic heterocycles. The number of rotatable bonds is 14. The smallest absolute Gasteiger partial charge is 0.122 e. The molecule has 0 aliphatic carbocycles. The third-order valence-electron chi connectivity index (χ3n) is 6.64. The molecule has 0 heterocycles. The Bertz CT molecular complexity index is 631. The lowest BCUT2D eigenvalue weighted by Gasteiger charge is -2.15. The first-order chi connectivity index (χ1) is 14.1. The summed E-state index contributed by atoms with van der Waals surface area (Å²) in [5.41, 5.74) is 3.75. The van der Waals surface area contributed by atoms with Crippen molar-refractivity contribution in [2.24, 2.45) is 17.8 Å². The van der Waals surface area contributed by atoms with E-state index in [9.17, 15) is 10.2 Å². The van der Waals surface area contributed by atoms with Gasteiger partial charge < -0.3 is 10.2 Å². The van der Waals surface area contributed by atoms with Gasteiger partial charge in [-0.25, -0.2) is 0 Å². The molecule has 1 rings (SSSR count). The number of phenols is 2. The van der Waals surface area contributed by atoms with Gasteiger partial charge in [-0.15, -0.1) is 0 Å². The third-order valence-corrected chi connectivity index (χ3v) is 6.64. The van der Waals surface area contributed by atoms with Crippen LogP contribution in [0.4, 0.5) is 0 Å². The van der Waals surface area contributed by atoms with E-state index in [4.69, 9.17) is 0 Å². The predicted octanol–water partition coefficient (Wildman–Crippen LogP) is 8.64. The van der Waals surface area contributed by atoms with Crippen molar-refractivity contribution >= 4 is 0 Å². The maximum Gasteiger partial charge on any atom is 0.122 e. The fourth-order valence-electron chi connectivity index (χ4n) is 4.29. The van der Waals surface area contributed by atoms with Gasteiger partial charge in [0.25, 0.3) is 0 Å². The second-order valence-corrected chi connectivity index (χ2v) is 10.3. The van der Waals surface area contributed by atoms with E-state index in [0.29, 0.717) is 12.2 Å². The van der Waals surface area contributed by atoms with Crippen LogP contribution in [0.3, 0.4) is 0 Å². The molecular formula is C28H48O2. The normalized spacial score (nSPS) is 14.3. The summed E-state index contributed by atoms with van der Waals surface area (Å²) in [6.07, 6.45) is 14.8. The van der Waals surface area contributed by atoms with Gasteiger partial charge in [0.2, 0.25) is 0 Å². The van der Waals surface area contributed by atoms with Gasteiger partial charge in [-0.3, -0.25) is 0 Å². The highest BCUT2D eigenvalue weighted by molar-refractivity contribution is 5.52. The van der Waals surface area contributed by atoms with Crippen LogP contribution in [-0.2, 0) is 6.42 Å². The summed E-state index contributed by atoms with van der Waals surface area (Å²) in [5.74, 6) is 3.12. The van der Waals surface area contributed by atoms with Crippen LogP contribution in [0.15, 0.2) is 17.7 Å². The summed E-state index contributed by atoms with van der Waals surface area (Å²) >= 11 is 0. The maximum absolute atomic E-state index is 10.3. The number of allylic oxidation sites excluding steroid dienone is 2. The average molecular weight is 417 g/mol. The van der Waals surface area contributed by atoms with Crippen molar-refractivity contribution in [3.63, 3.8) is 0 Å². The molecular weight excluding hydrogens is 368 g/mol. The van der Waals surface area contributed by atoms with Crippen LogP contribution in [0, 0.1) is 31.6 Å². The van der Waals surface area contributed by atoms with Crippen molar-refractivity contribution in [3.8, 4) is 11.5 Å². The Labute approximate surface area is 186 Å². The number of aryl methyl sites for hydroxylation is 1. The van der Waals surface area contributed by atoms with E-state index in [1.54, 1.807) is 6.07 Å². The molecule has 0 fully saturated rings. The van der Waals surface area contributed by atoms with Crippen LogP contribution in [-0.4, -0.2) is 10.2 Å². The molecule has 0 saturated heterocycles. The molecule has 0 amide bonds. The average Bonchev–Trinajstić information content (AvgIpc) is 2.66. The molecule has 2 N–H and O–H groups in total. The van der Waals surface area contributed by atoms with Gasteiger partial charge in [0.15, 0.2) is 0 Å². The molecule has 0 aromatic heterocycles. The summed E-state index contributed by atoms with van der Waals surface area (Å²) in [7, 11) is 0. The molecule has 0 aliphatic rings. The molecule has 1 aromatic rings. The third kappa shape index (κ3) is 10.0. The van der Waals surface area contributed by atoms with Crippen molar-refractivity contribution < 1.29 is 10.2 Å². The van der Waals surface area contributed by atoms with Gasteiger partial charge in [0, 0.05) is 5.56 Å². The summed E-state index contributed by atoms with van der Waals surface area (Å²) in [4.78, 5) is 0. The highest BCUT2D eigenvalue weighted by Gasteiger charge is 2.11. The van der Waals surface area contributed by atoms with Gasteiger partial charge in [-0.05, 0) is 75.0 Å². The first-order valence-electron chi connectivity index (χ1n) is 12.3. The number of aromatic hydroxyl groups is 2. The summed E-state index contributed by atoms with van der Waals surface area (Å²) < 4.78 is 0. The van der Waals surface area contributed by atoms with E-state index in [-0.39, 0.29) is 5.75 Å². The van der Waals surface area contributed by atoms with Gasteiger partial charge >= 0.3 is 0 Å². The minimum absolute atomic E-state index is 0.273. The van der Waals surface area contributed by atoms with E-state index >= 15 is 0 Å². The first kappa shape index (κ1) is 26.6. The zero-order chi connectivity index (χ0) is 22.7. The predicted molar refractivity (Wildman–Crippen MR) is 131 cm³/mol. The van der Waals surface area contributed by atoms with Crippen LogP contribution in [0.2, 0.25) is 0 Å². The van der Waals surface area contributed by atoms with Crippen LogP contribution in [0.5, 0.6) is 11.5 Å². The van der Waals surface area contributed by atoms with Crippen molar-refractivity contribution in [2.75, 3.05) is 0 Å². The number of hydrogen-bond acceptors (Lipinski definition) is 2. The fraction of sp³-hybridized carbons (Fsp3) is 0.714. The van der Waals surface area contributed by atoms with Gasteiger partial charge in [-0.1, -0.05) is 84.3 Å². The molecule has 2 nitrogen and oxygen atoms in total. The Kier molecular flexibility index (Phi) is 12.2. The van der Waals surface area contributed by atoms with Crippen LogP contribution in [0.25, 0.3) is 0 Å². The zero-order valence-electron chi connectivity index (χ0n) is 20.9. The summed E-state index contributed by atoms with van der Waals surface area (Å²) in [6, 6.07) is 1.64. The molecule has 30 heavy (non-hydrogen) atoms. The maximum atomic E-state index is 10.3. The largest absolute Gasteiger partial charge is 0.508 e. The zero-order valence-corrected chi connectivity index (χ0v) is 20.9. The molecule has 0 bridgehead atoms. The van der Waals surface area contributed by atoms with Crippen molar-refractivity contribution in [2.45, 2.75) is 113 Å². The lowest BCUT2D eigenvalue weighted by molar-refractivity contribution is 0.389. The van der Waals surface area contributed by atoms with E-state index in [0.717, 1.165) is 40.9 Å². The standard InChI is InChI=1S/C28H48O2/c1-20(2)11-8-12-21(3)13-9-14-22(4)15-10-16-23(5)17-18-26-25(7)27(29)19-24(6)28(26)30/h17,19-22,29-30H,8-16,18H2,1-7H3/b23-17+. The summed E-state index contributed by atoms with van der Waals surface area (Å²) in [6.45, 7) is 15.4. The van der Waals surface area contributed by atoms with E-state index in [1.165, 1.54) is 56.9 Å². The molecule has 0 spiro atoms. The number of benzene rings is 1. The molecule has 0 saturated carbocycles. The molecule has 2 heteroatoms. The van der Waals surface area contributed by atoms with Gasteiger partial charge in [0.05, 0.1) is 0 Å². The molecule has 2 atom stereocenters. The Balaban J connectivity index is 2.28. The highest BCUT2D eigenvalue weighted by Crippen LogP contribution is 2.33.